The summed E-state index contributed by atoms with van der Waals surface area (Å²) in [6.07, 6.45) is 1.38. The van der Waals surface area contributed by atoms with Gasteiger partial charge in [0, 0.05) is 5.69 Å². The zero-order valence-electron chi connectivity index (χ0n) is 8.39. The molecule has 0 bridgehead atoms. The molecule has 0 radical (unpaired) electrons. The second-order valence-corrected chi connectivity index (χ2v) is 3.40. The molecule has 1 heterocycles. The van der Waals surface area contributed by atoms with Crippen LogP contribution in [0.4, 0.5) is 5.69 Å². The number of carbonyl (C=O) groups is 1. The number of aryl methyl sites for hydroxylation is 1. The van der Waals surface area contributed by atoms with Crippen molar-refractivity contribution in [2.45, 2.75) is 19.8 Å². The second-order valence-electron chi connectivity index (χ2n) is 3.40. The maximum atomic E-state index is 11.1. The fourth-order valence-electron chi connectivity index (χ4n) is 1.76. The van der Waals surface area contributed by atoms with Crippen LogP contribution in [-0.4, -0.2) is 13.0 Å². The Morgan fingerprint density at radius 1 is 1.50 bits per heavy atom. The van der Waals surface area contributed by atoms with Crippen LogP contribution < -0.4 is 10.1 Å². The smallest absolute Gasteiger partial charge is 0.228 e. The first-order chi connectivity index (χ1) is 6.74. The fraction of sp³-hybridized carbons (Fsp3) is 0.364. The summed E-state index contributed by atoms with van der Waals surface area (Å²) in [6.45, 7) is 2.07. The highest BCUT2D eigenvalue weighted by atomic mass is 16.5. The number of benzene rings is 1. The SMILES string of the molecule is CCc1cc2c(cc1OC)CC(=O)N2. The monoisotopic (exact) mass is 191 g/mol. The van der Waals surface area contributed by atoms with Crippen molar-refractivity contribution in [1.29, 1.82) is 0 Å². The van der Waals surface area contributed by atoms with E-state index >= 15 is 0 Å². The van der Waals surface area contributed by atoms with Crippen LogP contribution in [0.3, 0.4) is 0 Å². The summed E-state index contributed by atoms with van der Waals surface area (Å²) < 4.78 is 5.26. The van der Waals surface area contributed by atoms with Crippen molar-refractivity contribution < 1.29 is 9.53 Å². The first-order valence-electron chi connectivity index (χ1n) is 4.74. The first-order valence-corrected chi connectivity index (χ1v) is 4.74. The van der Waals surface area contributed by atoms with E-state index in [1.165, 1.54) is 0 Å². The molecule has 3 nitrogen and oxygen atoms in total. The molecular weight excluding hydrogens is 178 g/mol. The van der Waals surface area contributed by atoms with E-state index in [4.69, 9.17) is 4.74 Å². The first kappa shape index (κ1) is 9.06. The molecule has 1 amide bonds. The highest BCUT2D eigenvalue weighted by Gasteiger charge is 2.19. The maximum Gasteiger partial charge on any atom is 0.228 e. The minimum Gasteiger partial charge on any atom is -0.496 e. The molecule has 0 unspecified atom stereocenters. The van der Waals surface area contributed by atoms with Gasteiger partial charge in [0.25, 0.3) is 0 Å². The molecule has 1 aliphatic heterocycles. The molecule has 74 valence electrons. The zero-order valence-corrected chi connectivity index (χ0v) is 8.39. The summed E-state index contributed by atoms with van der Waals surface area (Å²) in [5.74, 6) is 0.943. The van der Waals surface area contributed by atoms with Crippen LogP contribution in [-0.2, 0) is 17.6 Å². The van der Waals surface area contributed by atoms with Crippen molar-refractivity contribution >= 4 is 11.6 Å². The van der Waals surface area contributed by atoms with Crippen molar-refractivity contribution in [3.8, 4) is 5.75 Å². The molecule has 1 aromatic rings. The molecule has 0 saturated heterocycles. The topological polar surface area (TPSA) is 38.3 Å². The molecule has 0 spiro atoms. The van der Waals surface area contributed by atoms with E-state index in [1.54, 1.807) is 7.11 Å². The second kappa shape index (κ2) is 3.33. The van der Waals surface area contributed by atoms with Gasteiger partial charge < -0.3 is 10.1 Å². The molecule has 1 aliphatic rings. The van der Waals surface area contributed by atoms with Crippen molar-refractivity contribution in [2.24, 2.45) is 0 Å². The molecule has 0 fully saturated rings. The van der Waals surface area contributed by atoms with Crippen molar-refractivity contribution in [3.63, 3.8) is 0 Å². The Bertz CT molecular complexity index is 350. The van der Waals surface area contributed by atoms with E-state index < -0.39 is 0 Å². The molecule has 2 rings (SSSR count). The van der Waals surface area contributed by atoms with E-state index in [0.29, 0.717) is 6.42 Å². The van der Waals surface area contributed by atoms with Crippen LogP contribution in [0.1, 0.15) is 18.1 Å². The minimum atomic E-state index is 0.0651. The summed E-state index contributed by atoms with van der Waals surface area (Å²) in [5.41, 5.74) is 3.10. The molecule has 0 aromatic heterocycles. The largest absolute Gasteiger partial charge is 0.496 e. The van der Waals surface area contributed by atoms with Gasteiger partial charge in [-0.05, 0) is 29.7 Å². The van der Waals surface area contributed by atoms with Crippen LogP contribution >= 0.6 is 0 Å². The van der Waals surface area contributed by atoms with Crippen molar-refractivity contribution in [2.75, 3.05) is 12.4 Å². The van der Waals surface area contributed by atoms with E-state index in [1.807, 2.05) is 12.1 Å². The number of rotatable bonds is 2. The van der Waals surface area contributed by atoms with Gasteiger partial charge >= 0.3 is 0 Å². The van der Waals surface area contributed by atoms with E-state index in [-0.39, 0.29) is 5.91 Å². The van der Waals surface area contributed by atoms with Gasteiger partial charge in [-0.1, -0.05) is 6.92 Å². The van der Waals surface area contributed by atoms with Crippen molar-refractivity contribution in [1.82, 2.24) is 0 Å². The third-order valence-electron chi connectivity index (χ3n) is 2.51. The summed E-state index contributed by atoms with van der Waals surface area (Å²) in [7, 11) is 1.66. The van der Waals surface area contributed by atoms with Gasteiger partial charge in [0.15, 0.2) is 0 Å². The predicted molar refractivity (Wildman–Crippen MR) is 54.7 cm³/mol. The van der Waals surface area contributed by atoms with Gasteiger partial charge in [0.05, 0.1) is 13.5 Å². The van der Waals surface area contributed by atoms with Gasteiger partial charge in [-0.25, -0.2) is 0 Å². The highest BCUT2D eigenvalue weighted by Crippen LogP contribution is 2.31. The number of anilines is 1. The third-order valence-corrected chi connectivity index (χ3v) is 2.51. The number of fused-ring (bicyclic) bond motifs is 1. The lowest BCUT2D eigenvalue weighted by atomic mass is 10.1. The van der Waals surface area contributed by atoms with Crippen LogP contribution in [0, 0.1) is 0 Å². The van der Waals surface area contributed by atoms with Gasteiger partial charge in [-0.15, -0.1) is 0 Å². The molecule has 14 heavy (non-hydrogen) atoms. The zero-order chi connectivity index (χ0) is 10.1. The Balaban J connectivity index is 2.48. The summed E-state index contributed by atoms with van der Waals surface area (Å²) in [6, 6.07) is 3.95. The molecule has 3 heteroatoms. The summed E-state index contributed by atoms with van der Waals surface area (Å²) >= 11 is 0. The average Bonchev–Trinajstić information content (AvgIpc) is 2.54. The van der Waals surface area contributed by atoms with E-state index in [2.05, 4.69) is 12.2 Å². The van der Waals surface area contributed by atoms with Crippen LogP contribution in [0.15, 0.2) is 12.1 Å². The molecule has 0 saturated carbocycles. The number of methoxy groups -OCH3 is 1. The number of hydrogen-bond donors (Lipinski definition) is 1. The van der Waals surface area contributed by atoms with Gasteiger partial charge in [0.2, 0.25) is 5.91 Å². The predicted octanol–water partition coefficient (Wildman–Crippen LogP) is 1.75. The van der Waals surface area contributed by atoms with Crippen molar-refractivity contribution in [3.05, 3.63) is 23.3 Å². The average molecular weight is 191 g/mol. The fourth-order valence-corrected chi connectivity index (χ4v) is 1.76. The van der Waals surface area contributed by atoms with E-state index in [9.17, 15) is 4.79 Å². The number of nitrogens with one attached hydrogen (secondary N) is 1. The van der Waals surface area contributed by atoms with Gasteiger partial charge in [0.1, 0.15) is 5.75 Å². The number of carbonyl (C=O) groups excluding carboxylic acids is 1. The van der Waals surface area contributed by atoms with Crippen LogP contribution in [0.2, 0.25) is 0 Å². The lowest BCUT2D eigenvalue weighted by Gasteiger charge is -2.08. The molecular formula is C11H13NO2. The Kier molecular flexibility index (Phi) is 2.15. The van der Waals surface area contributed by atoms with Crippen LogP contribution in [0.5, 0.6) is 5.75 Å². The Labute approximate surface area is 83.1 Å². The standard InChI is InChI=1S/C11H13NO2/c1-3-7-4-9-8(5-10(7)14-2)6-11(13)12-9/h4-5H,3,6H2,1-2H3,(H,12,13). The number of ether oxygens (including phenoxy) is 1. The number of amides is 1. The molecule has 0 atom stereocenters. The Hall–Kier alpha value is -1.51. The van der Waals surface area contributed by atoms with Gasteiger partial charge in [-0.2, -0.15) is 0 Å². The van der Waals surface area contributed by atoms with Gasteiger partial charge in [-0.3, -0.25) is 4.79 Å². The molecule has 1 N–H and O–H groups in total. The minimum absolute atomic E-state index is 0.0651. The maximum absolute atomic E-state index is 11.1. The highest BCUT2D eigenvalue weighted by molar-refractivity contribution is 5.99. The third kappa shape index (κ3) is 1.35. The summed E-state index contributed by atoms with van der Waals surface area (Å²) in [4.78, 5) is 11.1. The summed E-state index contributed by atoms with van der Waals surface area (Å²) in [5, 5.41) is 2.83. The van der Waals surface area contributed by atoms with Crippen LogP contribution in [0.25, 0.3) is 0 Å². The molecule has 0 aliphatic carbocycles. The van der Waals surface area contributed by atoms with E-state index in [0.717, 1.165) is 29.0 Å². The molecule has 1 aromatic carbocycles. The number of hydrogen-bond acceptors (Lipinski definition) is 2. The normalized spacial score (nSPS) is 13.7. The Morgan fingerprint density at radius 3 is 2.93 bits per heavy atom. The lowest BCUT2D eigenvalue weighted by molar-refractivity contribution is -0.115. The quantitative estimate of drug-likeness (QED) is 0.773. The Morgan fingerprint density at radius 2 is 2.29 bits per heavy atom. The lowest BCUT2D eigenvalue weighted by Crippen LogP contribution is -2.03.